The van der Waals surface area contributed by atoms with Crippen LogP contribution in [-0.4, -0.2) is 43.4 Å². The zero-order valence-corrected chi connectivity index (χ0v) is 7.69. The highest BCUT2D eigenvalue weighted by Crippen LogP contribution is 1.93. The first-order valence-corrected chi connectivity index (χ1v) is 3.76. The highest BCUT2D eigenvalue weighted by Gasteiger charge is 2.12. The van der Waals surface area contributed by atoms with Crippen molar-refractivity contribution in [3.05, 3.63) is 0 Å². The summed E-state index contributed by atoms with van der Waals surface area (Å²) in [5.41, 5.74) is 0. The molecule has 0 atom stereocenters. The van der Waals surface area contributed by atoms with Crippen LogP contribution in [0.2, 0.25) is 0 Å². The van der Waals surface area contributed by atoms with E-state index in [1.807, 2.05) is 14.1 Å². The molecule has 0 saturated carbocycles. The molecular weight excluding hydrogens is 158 g/mol. The summed E-state index contributed by atoms with van der Waals surface area (Å²) in [6.07, 6.45) is 0. The van der Waals surface area contributed by atoms with Gasteiger partial charge >= 0.3 is 0 Å². The molecule has 11 heavy (non-hydrogen) atoms. The molecule has 0 bridgehead atoms. The zero-order valence-electron chi connectivity index (χ0n) is 6.87. The number of aliphatic imine (C=N–C) groups is 1. The topological polar surface area (TPSA) is 36.1 Å². The van der Waals surface area contributed by atoms with E-state index in [4.69, 9.17) is 5.26 Å². The van der Waals surface area contributed by atoms with Gasteiger partial charge in [0.2, 0.25) is 0 Å². The second kappa shape index (κ2) is 4.97. The van der Waals surface area contributed by atoms with Crippen molar-refractivity contribution in [3.8, 4) is 6.07 Å². The van der Waals surface area contributed by atoms with Gasteiger partial charge in [-0.1, -0.05) is 0 Å². The number of quaternary nitrogens is 1. The molecule has 0 unspecified atom stereocenters. The average molecular weight is 170 g/mol. The van der Waals surface area contributed by atoms with E-state index in [0.717, 1.165) is 6.54 Å². The second-order valence-electron chi connectivity index (χ2n) is 2.95. The Morgan fingerprint density at radius 2 is 2.18 bits per heavy atom. The van der Waals surface area contributed by atoms with Crippen LogP contribution in [0, 0.1) is 11.3 Å². The van der Waals surface area contributed by atoms with Gasteiger partial charge in [-0.25, -0.2) is 4.99 Å². The fourth-order valence-corrected chi connectivity index (χ4v) is 0.728. The first-order valence-electron chi connectivity index (χ1n) is 3.35. The molecule has 4 heteroatoms. The van der Waals surface area contributed by atoms with Gasteiger partial charge in [-0.05, 0) is 12.2 Å². The fraction of sp³-hybridized carbons (Fsp3) is 0.714. The molecule has 0 heterocycles. The van der Waals surface area contributed by atoms with Crippen LogP contribution in [0.15, 0.2) is 4.99 Å². The monoisotopic (exact) mass is 170 g/mol. The molecule has 0 aromatic carbocycles. The van der Waals surface area contributed by atoms with Gasteiger partial charge in [0.1, 0.15) is 6.07 Å². The van der Waals surface area contributed by atoms with Crippen LogP contribution in [-0.2, 0) is 0 Å². The lowest BCUT2D eigenvalue weighted by Gasteiger charge is -2.25. The van der Waals surface area contributed by atoms with Crippen LogP contribution >= 0.6 is 12.2 Å². The maximum Gasteiger partial charge on any atom is 0.166 e. The summed E-state index contributed by atoms with van der Waals surface area (Å²) in [7, 11) is 3.98. The van der Waals surface area contributed by atoms with Gasteiger partial charge in [-0.2, -0.15) is 5.26 Å². The predicted molar refractivity (Wildman–Crippen MR) is 47.3 cm³/mol. The third-order valence-electron chi connectivity index (χ3n) is 1.38. The Hall–Kier alpha value is -0.750. The van der Waals surface area contributed by atoms with Crippen LogP contribution in [0.3, 0.4) is 0 Å². The van der Waals surface area contributed by atoms with Crippen LogP contribution in [0.4, 0.5) is 0 Å². The van der Waals surface area contributed by atoms with E-state index in [9.17, 15) is 0 Å². The van der Waals surface area contributed by atoms with E-state index in [0.29, 0.717) is 17.6 Å². The van der Waals surface area contributed by atoms with Crippen molar-refractivity contribution in [2.24, 2.45) is 4.99 Å². The summed E-state index contributed by atoms with van der Waals surface area (Å²) in [5.74, 6) is 0. The molecule has 0 aliphatic heterocycles. The highest BCUT2D eigenvalue weighted by molar-refractivity contribution is 7.78. The van der Waals surface area contributed by atoms with Gasteiger partial charge < -0.3 is 4.48 Å². The number of rotatable bonds is 4. The molecule has 0 aromatic heterocycles. The first kappa shape index (κ1) is 10.2. The Morgan fingerprint density at radius 1 is 1.55 bits per heavy atom. The molecular formula is C7H12N3S+. The summed E-state index contributed by atoms with van der Waals surface area (Å²) in [6.45, 7) is 1.99. The summed E-state index contributed by atoms with van der Waals surface area (Å²) < 4.78 is 0.664. The Morgan fingerprint density at radius 3 is 2.64 bits per heavy atom. The van der Waals surface area contributed by atoms with Crippen LogP contribution in [0.5, 0.6) is 0 Å². The maximum absolute atomic E-state index is 8.43. The molecule has 0 aliphatic carbocycles. The van der Waals surface area contributed by atoms with Gasteiger partial charge in [-0.3, -0.25) is 0 Å². The number of nitriles is 1. The normalized spacial score (nSPS) is 9.91. The van der Waals surface area contributed by atoms with E-state index in [1.54, 1.807) is 0 Å². The van der Waals surface area contributed by atoms with E-state index in [-0.39, 0.29) is 0 Å². The number of nitrogens with zero attached hydrogens (tertiary/aromatic N) is 3. The molecule has 0 saturated heterocycles. The lowest BCUT2D eigenvalue weighted by Crippen LogP contribution is -2.41. The quantitative estimate of drug-likeness (QED) is 0.269. The number of likely N-dealkylation sites (N-methyl/N-ethyl adjacent to an activating group) is 1. The van der Waals surface area contributed by atoms with Crippen molar-refractivity contribution in [3.63, 3.8) is 0 Å². The largest absolute Gasteiger partial charge is 0.315 e. The van der Waals surface area contributed by atoms with Crippen molar-refractivity contribution in [2.45, 2.75) is 0 Å². The first-order chi connectivity index (χ1) is 5.12. The van der Waals surface area contributed by atoms with Crippen molar-refractivity contribution in [2.75, 3.05) is 33.7 Å². The second-order valence-corrected chi connectivity index (χ2v) is 3.13. The van der Waals surface area contributed by atoms with Gasteiger partial charge in [-0.15, -0.1) is 0 Å². The summed E-state index contributed by atoms with van der Waals surface area (Å²) in [5, 5.41) is 10.7. The molecule has 60 valence electrons. The standard InChI is InChI=1S/C7H12N3S/c1-10(2,5-3-8)6-4-9-7-11/h4-6H2,1-2H3/q+1. The molecule has 0 rings (SSSR count). The van der Waals surface area contributed by atoms with Crippen LogP contribution in [0.25, 0.3) is 0 Å². The Kier molecular flexibility index (Phi) is 4.64. The minimum atomic E-state index is 0.507. The Labute approximate surface area is 72.5 Å². The molecule has 0 fully saturated rings. The summed E-state index contributed by atoms with van der Waals surface area (Å²) >= 11 is 4.42. The van der Waals surface area contributed by atoms with E-state index in [1.165, 1.54) is 0 Å². The van der Waals surface area contributed by atoms with Gasteiger partial charge in [0, 0.05) is 0 Å². The van der Waals surface area contributed by atoms with Crippen LogP contribution < -0.4 is 0 Å². The third-order valence-corrected chi connectivity index (χ3v) is 1.51. The van der Waals surface area contributed by atoms with Gasteiger partial charge in [0.05, 0.1) is 32.3 Å². The minimum absolute atomic E-state index is 0.507. The molecule has 0 aromatic rings. The number of isothiocyanates is 1. The maximum atomic E-state index is 8.43. The summed E-state index contributed by atoms with van der Waals surface area (Å²) in [4.78, 5) is 3.78. The van der Waals surface area contributed by atoms with E-state index < -0.39 is 0 Å². The predicted octanol–water partition coefficient (Wildman–Crippen LogP) is 0.689. The lowest BCUT2D eigenvalue weighted by molar-refractivity contribution is -0.881. The van der Waals surface area contributed by atoms with Crippen molar-refractivity contribution < 1.29 is 4.48 Å². The van der Waals surface area contributed by atoms with Gasteiger partial charge in [0.15, 0.2) is 6.54 Å². The zero-order chi connectivity index (χ0) is 8.74. The molecule has 0 amide bonds. The lowest BCUT2D eigenvalue weighted by atomic mass is 10.4. The SMILES string of the molecule is C[N+](C)(CC#N)CCN=C=S. The average Bonchev–Trinajstić information content (AvgIpc) is 1.87. The van der Waals surface area contributed by atoms with Crippen molar-refractivity contribution >= 4 is 17.4 Å². The van der Waals surface area contributed by atoms with Gasteiger partial charge in [0.25, 0.3) is 0 Å². The van der Waals surface area contributed by atoms with Crippen molar-refractivity contribution in [1.82, 2.24) is 0 Å². The van der Waals surface area contributed by atoms with Crippen molar-refractivity contribution in [1.29, 1.82) is 5.26 Å². The smallest absolute Gasteiger partial charge is 0.166 e. The van der Waals surface area contributed by atoms with E-state index in [2.05, 4.69) is 28.4 Å². The van der Waals surface area contributed by atoms with Crippen LogP contribution in [0.1, 0.15) is 0 Å². The molecule has 0 spiro atoms. The highest BCUT2D eigenvalue weighted by atomic mass is 32.1. The third kappa shape index (κ3) is 5.68. The van der Waals surface area contributed by atoms with E-state index >= 15 is 0 Å². The number of hydrogen-bond acceptors (Lipinski definition) is 3. The minimum Gasteiger partial charge on any atom is -0.315 e. The molecule has 0 aliphatic rings. The molecule has 0 N–H and O–H groups in total. The molecule has 0 radical (unpaired) electrons. The summed E-state index contributed by atoms with van der Waals surface area (Å²) in [6, 6.07) is 2.12. The number of hydrogen-bond donors (Lipinski definition) is 0. The molecule has 3 nitrogen and oxygen atoms in total. The Balaban J connectivity index is 3.73. The number of thiocarbonyl (C=S) groups is 1. The Bertz CT molecular complexity index is 198. The fourth-order valence-electron chi connectivity index (χ4n) is 0.637.